The second-order valence-electron chi connectivity index (χ2n) is 4.68. The summed E-state index contributed by atoms with van der Waals surface area (Å²) < 4.78 is 18.8. The van der Waals surface area contributed by atoms with Gasteiger partial charge in [-0.15, -0.1) is 0 Å². The van der Waals surface area contributed by atoms with Crippen molar-refractivity contribution < 1.29 is 9.13 Å². The fourth-order valence-electron chi connectivity index (χ4n) is 2.00. The molecular formula is C15H24FNO. The summed E-state index contributed by atoms with van der Waals surface area (Å²) in [6.07, 6.45) is 3.97. The molecule has 1 aromatic rings. The van der Waals surface area contributed by atoms with Crippen LogP contribution in [-0.2, 0) is 6.42 Å². The highest BCUT2D eigenvalue weighted by atomic mass is 19.1. The van der Waals surface area contributed by atoms with Gasteiger partial charge in [0.2, 0.25) is 0 Å². The average molecular weight is 253 g/mol. The third-order valence-corrected chi connectivity index (χ3v) is 3.09. The number of rotatable bonds is 8. The monoisotopic (exact) mass is 253 g/mol. The van der Waals surface area contributed by atoms with E-state index in [-0.39, 0.29) is 5.82 Å². The van der Waals surface area contributed by atoms with Crippen LogP contribution in [0.2, 0.25) is 0 Å². The van der Waals surface area contributed by atoms with Crippen molar-refractivity contribution in [3.63, 3.8) is 0 Å². The molecule has 0 aliphatic heterocycles. The van der Waals surface area contributed by atoms with E-state index in [0.29, 0.717) is 11.8 Å². The summed E-state index contributed by atoms with van der Waals surface area (Å²) >= 11 is 0. The number of methoxy groups -OCH3 is 1. The summed E-state index contributed by atoms with van der Waals surface area (Å²) in [7, 11) is 1.50. The zero-order valence-electron chi connectivity index (χ0n) is 11.6. The van der Waals surface area contributed by atoms with Gasteiger partial charge in [-0.1, -0.05) is 19.1 Å². The van der Waals surface area contributed by atoms with Crippen molar-refractivity contribution >= 4 is 0 Å². The van der Waals surface area contributed by atoms with E-state index in [9.17, 15) is 4.39 Å². The Kier molecular flexibility index (Phi) is 6.73. The Labute approximate surface area is 110 Å². The predicted octanol–water partition coefficient (Wildman–Crippen LogP) is 3.55. The standard InChI is InChI=1S/C15H24FNO/c1-4-11-17-12(2)7-5-8-13-9-6-10-14(18-3)15(13)16/h6,9-10,12,17H,4-5,7-8,11H2,1-3H3. The molecule has 0 aliphatic rings. The van der Waals surface area contributed by atoms with Crippen LogP contribution in [0.25, 0.3) is 0 Å². The molecule has 1 N–H and O–H groups in total. The second kappa shape index (κ2) is 8.09. The first-order chi connectivity index (χ1) is 8.69. The lowest BCUT2D eigenvalue weighted by atomic mass is 10.0. The SMILES string of the molecule is CCCNC(C)CCCc1cccc(OC)c1F. The van der Waals surface area contributed by atoms with E-state index >= 15 is 0 Å². The van der Waals surface area contributed by atoms with Gasteiger partial charge in [0.15, 0.2) is 11.6 Å². The molecule has 1 aromatic carbocycles. The predicted molar refractivity (Wildman–Crippen MR) is 73.6 cm³/mol. The smallest absolute Gasteiger partial charge is 0.168 e. The van der Waals surface area contributed by atoms with Crippen molar-refractivity contribution in [1.82, 2.24) is 5.32 Å². The zero-order chi connectivity index (χ0) is 13.4. The quantitative estimate of drug-likeness (QED) is 0.765. The highest BCUT2D eigenvalue weighted by molar-refractivity contribution is 5.31. The van der Waals surface area contributed by atoms with Crippen molar-refractivity contribution in [3.8, 4) is 5.75 Å². The van der Waals surface area contributed by atoms with Gasteiger partial charge in [0.05, 0.1) is 7.11 Å². The van der Waals surface area contributed by atoms with Crippen molar-refractivity contribution in [2.45, 2.75) is 45.6 Å². The molecule has 18 heavy (non-hydrogen) atoms. The van der Waals surface area contributed by atoms with E-state index in [4.69, 9.17) is 4.74 Å². The van der Waals surface area contributed by atoms with Crippen LogP contribution < -0.4 is 10.1 Å². The molecule has 0 amide bonds. The van der Waals surface area contributed by atoms with Crippen LogP contribution in [0.3, 0.4) is 0 Å². The summed E-state index contributed by atoms with van der Waals surface area (Å²) in [5.74, 6) is 0.124. The van der Waals surface area contributed by atoms with Crippen LogP contribution >= 0.6 is 0 Å². The number of halogens is 1. The van der Waals surface area contributed by atoms with Gasteiger partial charge in [-0.3, -0.25) is 0 Å². The number of nitrogens with one attached hydrogen (secondary N) is 1. The largest absolute Gasteiger partial charge is 0.494 e. The van der Waals surface area contributed by atoms with Gasteiger partial charge in [-0.25, -0.2) is 4.39 Å². The molecule has 0 fully saturated rings. The fraction of sp³-hybridized carbons (Fsp3) is 0.600. The number of hydrogen-bond acceptors (Lipinski definition) is 2. The summed E-state index contributed by atoms with van der Waals surface area (Å²) in [5, 5.41) is 3.44. The number of ether oxygens (including phenoxy) is 1. The van der Waals surface area contributed by atoms with Crippen LogP contribution in [-0.4, -0.2) is 19.7 Å². The minimum Gasteiger partial charge on any atom is -0.494 e. The average Bonchev–Trinajstić information content (AvgIpc) is 2.38. The zero-order valence-corrected chi connectivity index (χ0v) is 11.6. The molecule has 0 saturated carbocycles. The van der Waals surface area contributed by atoms with E-state index in [0.717, 1.165) is 37.8 Å². The lowest BCUT2D eigenvalue weighted by Crippen LogP contribution is -2.26. The molecule has 0 saturated heterocycles. The molecule has 3 heteroatoms. The molecule has 1 unspecified atom stereocenters. The summed E-state index contributed by atoms with van der Waals surface area (Å²) in [4.78, 5) is 0. The Bertz CT molecular complexity index is 354. The van der Waals surface area contributed by atoms with Gasteiger partial charge >= 0.3 is 0 Å². The lowest BCUT2D eigenvalue weighted by Gasteiger charge is -2.13. The number of hydrogen-bond donors (Lipinski definition) is 1. The van der Waals surface area contributed by atoms with Crippen LogP contribution in [0.4, 0.5) is 4.39 Å². The van der Waals surface area contributed by atoms with E-state index in [1.165, 1.54) is 7.11 Å². The fourth-order valence-corrected chi connectivity index (χ4v) is 2.00. The molecule has 0 spiro atoms. The number of benzene rings is 1. The third kappa shape index (κ3) is 4.65. The van der Waals surface area contributed by atoms with Gasteiger partial charge in [0.1, 0.15) is 0 Å². The minimum absolute atomic E-state index is 0.214. The first-order valence-electron chi connectivity index (χ1n) is 6.73. The summed E-state index contributed by atoms with van der Waals surface area (Å²) in [6, 6.07) is 5.83. The maximum atomic E-state index is 13.9. The van der Waals surface area contributed by atoms with Crippen LogP contribution in [0, 0.1) is 5.82 Å². The Balaban J connectivity index is 2.39. The first-order valence-corrected chi connectivity index (χ1v) is 6.73. The Morgan fingerprint density at radius 2 is 2.17 bits per heavy atom. The molecule has 0 radical (unpaired) electrons. The van der Waals surface area contributed by atoms with E-state index in [1.54, 1.807) is 6.07 Å². The Morgan fingerprint density at radius 3 is 2.83 bits per heavy atom. The van der Waals surface area contributed by atoms with Crippen LogP contribution in [0.15, 0.2) is 18.2 Å². The van der Waals surface area contributed by atoms with Gasteiger partial charge in [0.25, 0.3) is 0 Å². The molecular weight excluding hydrogens is 229 g/mol. The van der Waals surface area contributed by atoms with Crippen LogP contribution in [0.5, 0.6) is 5.75 Å². The molecule has 0 aromatic heterocycles. The van der Waals surface area contributed by atoms with E-state index in [1.807, 2.05) is 12.1 Å². The highest BCUT2D eigenvalue weighted by Gasteiger charge is 2.08. The summed E-state index contributed by atoms with van der Waals surface area (Å²) in [5.41, 5.74) is 0.747. The van der Waals surface area contributed by atoms with E-state index in [2.05, 4.69) is 19.2 Å². The van der Waals surface area contributed by atoms with E-state index < -0.39 is 0 Å². The van der Waals surface area contributed by atoms with Crippen molar-refractivity contribution in [2.75, 3.05) is 13.7 Å². The lowest BCUT2D eigenvalue weighted by molar-refractivity contribution is 0.383. The molecule has 1 atom stereocenters. The number of aryl methyl sites for hydroxylation is 1. The molecule has 0 bridgehead atoms. The first kappa shape index (κ1) is 15.0. The van der Waals surface area contributed by atoms with Crippen molar-refractivity contribution in [2.24, 2.45) is 0 Å². The van der Waals surface area contributed by atoms with Crippen molar-refractivity contribution in [3.05, 3.63) is 29.6 Å². The van der Waals surface area contributed by atoms with Crippen LogP contribution in [0.1, 0.15) is 38.7 Å². The second-order valence-corrected chi connectivity index (χ2v) is 4.68. The minimum atomic E-state index is -0.214. The molecule has 1 rings (SSSR count). The maximum Gasteiger partial charge on any atom is 0.168 e. The van der Waals surface area contributed by atoms with Gasteiger partial charge in [0, 0.05) is 6.04 Å². The highest BCUT2D eigenvalue weighted by Crippen LogP contribution is 2.21. The maximum absolute atomic E-state index is 13.9. The molecule has 0 heterocycles. The molecule has 2 nitrogen and oxygen atoms in total. The normalized spacial score (nSPS) is 12.4. The van der Waals surface area contributed by atoms with Gasteiger partial charge in [-0.2, -0.15) is 0 Å². The van der Waals surface area contributed by atoms with Crippen molar-refractivity contribution in [1.29, 1.82) is 0 Å². The topological polar surface area (TPSA) is 21.3 Å². The Hall–Kier alpha value is -1.09. The Morgan fingerprint density at radius 1 is 1.39 bits per heavy atom. The molecule has 102 valence electrons. The third-order valence-electron chi connectivity index (χ3n) is 3.09. The van der Waals surface area contributed by atoms with Gasteiger partial charge in [-0.05, 0) is 50.8 Å². The molecule has 0 aliphatic carbocycles. The van der Waals surface area contributed by atoms with Gasteiger partial charge < -0.3 is 10.1 Å². The summed E-state index contributed by atoms with van der Waals surface area (Å²) in [6.45, 7) is 5.39.